The molecule has 0 aromatic carbocycles. The van der Waals surface area contributed by atoms with Gasteiger partial charge in [0.1, 0.15) is 0 Å². The van der Waals surface area contributed by atoms with Crippen molar-refractivity contribution in [2.45, 2.75) is 5.91 Å². The normalized spacial score (nSPS) is 37.9. The summed E-state index contributed by atoms with van der Waals surface area (Å²) >= 11 is 0. The van der Waals surface area contributed by atoms with Crippen LogP contribution in [-0.4, -0.2) is 13.0 Å². The molecule has 3 heteroatoms. The van der Waals surface area contributed by atoms with Gasteiger partial charge in [0.15, 0.2) is 0 Å². The summed E-state index contributed by atoms with van der Waals surface area (Å²) in [5.41, 5.74) is 2.51. The molecule has 1 unspecified atom stereocenters. The van der Waals surface area contributed by atoms with Crippen LogP contribution < -0.4 is 5.48 Å². The Morgan fingerprint density at radius 3 is 2.57 bits per heavy atom. The summed E-state index contributed by atoms with van der Waals surface area (Å²) in [6.07, 6.45) is 1.55. The van der Waals surface area contributed by atoms with Crippen molar-refractivity contribution in [1.82, 2.24) is 5.48 Å². The van der Waals surface area contributed by atoms with E-state index < -0.39 is 5.91 Å². The molecule has 1 fully saturated rings. The molecule has 0 bridgehead atoms. The molecule has 7 heavy (non-hydrogen) atoms. The van der Waals surface area contributed by atoms with Crippen molar-refractivity contribution in [2.24, 2.45) is 0 Å². The van der Waals surface area contributed by atoms with Crippen molar-refractivity contribution in [2.75, 3.05) is 7.11 Å². The molecule has 0 aromatic rings. The van der Waals surface area contributed by atoms with E-state index >= 15 is 0 Å². The van der Waals surface area contributed by atoms with E-state index in [1.807, 2.05) is 0 Å². The maximum atomic E-state index is 4.75. The molecule has 1 heterocycles. The van der Waals surface area contributed by atoms with E-state index in [0.717, 1.165) is 0 Å². The fraction of sp³-hybridized carbons (Fsp3) is 0.500. The average molecular weight is 101 g/mol. The Labute approximate surface area is 41.9 Å². The van der Waals surface area contributed by atoms with Gasteiger partial charge in [0.2, 0.25) is 0 Å². The lowest BCUT2D eigenvalue weighted by atomic mass is 10.5. The lowest BCUT2D eigenvalue weighted by molar-refractivity contribution is 0.0303. The molecule has 0 aromatic heterocycles. The van der Waals surface area contributed by atoms with Crippen LogP contribution in [0.1, 0.15) is 0 Å². The van der Waals surface area contributed by atoms with E-state index in [9.17, 15) is 0 Å². The topological polar surface area (TPSA) is 43.7 Å². The quantitative estimate of drug-likeness (QED) is 0.393. The molecule has 0 saturated carbocycles. The van der Waals surface area contributed by atoms with E-state index in [1.165, 1.54) is 0 Å². The molecular weight excluding hydrogens is 94.0 g/mol. The Bertz CT molecular complexity index is 87.7. The first-order chi connectivity index (χ1) is 3.33. The van der Waals surface area contributed by atoms with Gasteiger partial charge in [-0.1, -0.05) is 6.58 Å². The first kappa shape index (κ1) is 4.77. The number of hydrogen-bond donors (Lipinski definition) is 1. The van der Waals surface area contributed by atoms with E-state index in [2.05, 4.69) is 16.9 Å². The van der Waals surface area contributed by atoms with Crippen molar-refractivity contribution >= 4 is 0 Å². The van der Waals surface area contributed by atoms with Gasteiger partial charge in [-0.15, -0.1) is 5.48 Å². The third-order valence-electron chi connectivity index (χ3n) is 0.875. The number of ether oxygens (including phenoxy) is 1. The average Bonchev–Trinajstić information content (AvgIpc) is 2.46. The predicted molar refractivity (Wildman–Crippen MR) is 24.2 cm³/mol. The highest BCUT2D eigenvalue weighted by Crippen LogP contribution is 2.19. The minimum Gasteiger partial charge on any atom is -0.335 e. The van der Waals surface area contributed by atoms with Gasteiger partial charge in [-0.25, -0.2) is 4.84 Å². The maximum Gasteiger partial charge on any atom is 0.287 e. The molecule has 40 valence electrons. The van der Waals surface area contributed by atoms with Crippen LogP contribution in [-0.2, 0) is 9.57 Å². The van der Waals surface area contributed by atoms with Crippen LogP contribution in [0.2, 0.25) is 0 Å². The van der Waals surface area contributed by atoms with Crippen molar-refractivity contribution in [3.63, 3.8) is 0 Å². The number of rotatable bonds is 2. The molecule has 0 radical (unpaired) electrons. The van der Waals surface area contributed by atoms with Crippen molar-refractivity contribution in [3.05, 3.63) is 12.7 Å². The zero-order chi connectivity index (χ0) is 5.33. The first-order valence-corrected chi connectivity index (χ1v) is 1.97. The van der Waals surface area contributed by atoms with Crippen LogP contribution in [0.5, 0.6) is 0 Å². The summed E-state index contributed by atoms with van der Waals surface area (Å²) < 4.78 is 4.75. The second-order valence-corrected chi connectivity index (χ2v) is 1.28. The SMILES string of the molecule is C=CC1(OC)NO1. The number of nitrogens with one attached hydrogen (secondary N) is 1. The van der Waals surface area contributed by atoms with Gasteiger partial charge in [-0.2, -0.15) is 0 Å². The highest BCUT2D eigenvalue weighted by Gasteiger charge is 2.42. The van der Waals surface area contributed by atoms with Crippen LogP contribution >= 0.6 is 0 Å². The summed E-state index contributed by atoms with van der Waals surface area (Å²) in [6, 6.07) is 0. The summed E-state index contributed by atoms with van der Waals surface area (Å²) in [7, 11) is 1.54. The molecule has 1 atom stereocenters. The van der Waals surface area contributed by atoms with Gasteiger partial charge in [0.05, 0.1) is 0 Å². The number of hydrogen-bond acceptors (Lipinski definition) is 3. The third kappa shape index (κ3) is 0.653. The highest BCUT2D eigenvalue weighted by molar-refractivity contribution is 4.91. The molecule has 1 aliphatic rings. The predicted octanol–water partition coefficient (Wildman–Crippen LogP) is 0.00740. The summed E-state index contributed by atoms with van der Waals surface area (Å²) in [4.78, 5) is 4.60. The molecule has 3 nitrogen and oxygen atoms in total. The molecular formula is C4H7NO2. The van der Waals surface area contributed by atoms with Gasteiger partial charge in [-0.3, -0.25) is 0 Å². The number of hydroxylamine groups is 1. The molecule has 0 amide bonds. The zero-order valence-corrected chi connectivity index (χ0v) is 4.10. The maximum absolute atomic E-state index is 4.75. The Balaban J connectivity index is 2.42. The second-order valence-electron chi connectivity index (χ2n) is 1.28. The van der Waals surface area contributed by atoms with Crippen LogP contribution in [0.4, 0.5) is 0 Å². The van der Waals surface area contributed by atoms with Crippen LogP contribution in [0.25, 0.3) is 0 Å². The molecule has 1 aliphatic heterocycles. The largest absolute Gasteiger partial charge is 0.335 e. The zero-order valence-electron chi connectivity index (χ0n) is 4.10. The fourth-order valence-electron chi connectivity index (χ4n) is 0.300. The Kier molecular flexibility index (Phi) is 0.883. The standard InChI is InChI=1S/C4H7NO2/c1-3-4(6-2)5-7-4/h3,5H,1H2,2H3. The smallest absolute Gasteiger partial charge is 0.287 e. The minimum atomic E-state index is -0.653. The monoisotopic (exact) mass is 101 g/mol. The van der Waals surface area contributed by atoms with Crippen LogP contribution in [0.15, 0.2) is 12.7 Å². The first-order valence-electron chi connectivity index (χ1n) is 1.97. The van der Waals surface area contributed by atoms with Crippen molar-refractivity contribution in [3.8, 4) is 0 Å². The van der Waals surface area contributed by atoms with Crippen LogP contribution in [0.3, 0.4) is 0 Å². The van der Waals surface area contributed by atoms with E-state index in [1.54, 1.807) is 13.2 Å². The Morgan fingerprint density at radius 1 is 2.00 bits per heavy atom. The van der Waals surface area contributed by atoms with Gasteiger partial charge in [0.25, 0.3) is 5.91 Å². The Morgan fingerprint density at radius 2 is 2.57 bits per heavy atom. The summed E-state index contributed by atoms with van der Waals surface area (Å²) in [5, 5.41) is 0. The Hall–Kier alpha value is -0.380. The summed E-state index contributed by atoms with van der Waals surface area (Å²) in [5.74, 6) is -0.653. The fourth-order valence-corrected chi connectivity index (χ4v) is 0.300. The molecule has 0 aliphatic carbocycles. The van der Waals surface area contributed by atoms with E-state index in [-0.39, 0.29) is 0 Å². The molecule has 0 spiro atoms. The molecule has 1 N–H and O–H groups in total. The molecule has 1 saturated heterocycles. The second kappa shape index (κ2) is 1.30. The van der Waals surface area contributed by atoms with Crippen molar-refractivity contribution in [1.29, 1.82) is 0 Å². The van der Waals surface area contributed by atoms with Crippen molar-refractivity contribution < 1.29 is 9.57 Å². The van der Waals surface area contributed by atoms with Gasteiger partial charge >= 0.3 is 0 Å². The minimum absolute atomic E-state index is 0.653. The lowest BCUT2D eigenvalue weighted by Crippen LogP contribution is -2.12. The van der Waals surface area contributed by atoms with Gasteiger partial charge < -0.3 is 4.74 Å². The highest BCUT2D eigenvalue weighted by atomic mass is 16.9. The third-order valence-corrected chi connectivity index (χ3v) is 0.875. The van der Waals surface area contributed by atoms with Gasteiger partial charge in [-0.05, 0) is 6.08 Å². The van der Waals surface area contributed by atoms with Gasteiger partial charge in [0, 0.05) is 7.11 Å². The van der Waals surface area contributed by atoms with E-state index in [0.29, 0.717) is 0 Å². The van der Waals surface area contributed by atoms with Crippen LogP contribution in [0, 0.1) is 0 Å². The van der Waals surface area contributed by atoms with E-state index in [4.69, 9.17) is 4.74 Å². The molecule has 1 rings (SSSR count). The lowest BCUT2D eigenvalue weighted by Gasteiger charge is -1.94. The number of methoxy groups -OCH3 is 1. The summed E-state index contributed by atoms with van der Waals surface area (Å²) in [6.45, 7) is 3.45.